The molecule has 0 N–H and O–H groups in total. The highest BCUT2D eigenvalue weighted by Gasteiger charge is 2.35. The smallest absolute Gasteiger partial charge is 0.227 e. The van der Waals surface area contributed by atoms with Crippen LogP contribution in [0.5, 0.6) is 11.5 Å². The molecular weight excluding hydrogens is 462 g/mol. The van der Waals surface area contributed by atoms with Crippen LogP contribution in [-0.2, 0) is 11.3 Å². The summed E-state index contributed by atoms with van der Waals surface area (Å²) in [6, 6.07) is 19.6. The number of hydrogen-bond donors (Lipinski definition) is 0. The molecule has 1 unspecified atom stereocenters. The van der Waals surface area contributed by atoms with E-state index in [2.05, 4.69) is 10.6 Å². The number of fused-ring (bicyclic) bond motifs is 1. The molecule has 3 aromatic carbocycles. The first-order valence-corrected chi connectivity index (χ1v) is 12.1. The van der Waals surface area contributed by atoms with Crippen molar-refractivity contribution in [3.8, 4) is 11.5 Å². The maximum absolute atomic E-state index is 13.0. The number of methoxy groups -OCH3 is 1. The lowest BCUT2D eigenvalue weighted by Crippen LogP contribution is -2.24. The van der Waals surface area contributed by atoms with Gasteiger partial charge < -0.3 is 18.9 Å². The van der Waals surface area contributed by atoms with E-state index >= 15 is 0 Å². The normalized spacial score (nSPS) is 15.7. The molecule has 4 aromatic rings. The lowest BCUT2D eigenvalue weighted by molar-refractivity contribution is -0.117. The van der Waals surface area contributed by atoms with Gasteiger partial charge in [-0.25, -0.2) is 4.98 Å². The van der Waals surface area contributed by atoms with Crippen LogP contribution in [0.1, 0.15) is 29.3 Å². The molecule has 180 valence electrons. The molecular formula is C28H28ClN3O3. The molecule has 0 spiro atoms. The summed E-state index contributed by atoms with van der Waals surface area (Å²) < 4.78 is 13.6. The van der Waals surface area contributed by atoms with E-state index < -0.39 is 0 Å². The van der Waals surface area contributed by atoms with E-state index in [0.29, 0.717) is 26.1 Å². The van der Waals surface area contributed by atoms with Crippen molar-refractivity contribution < 1.29 is 14.3 Å². The Morgan fingerprint density at radius 3 is 2.57 bits per heavy atom. The van der Waals surface area contributed by atoms with E-state index in [4.69, 9.17) is 26.1 Å². The van der Waals surface area contributed by atoms with Crippen LogP contribution in [0, 0.1) is 13.8 Å². The van der Waals surface area contributed by atoms with Crippen molar-refractivity contribution in [1.82, 2.24) is 9.55 Å². The van der Waals surface area contributed by atoms with Gasteiger partial charge in [0.15, 0.2) is 0 Å². The third-order valence-electron chi connectivity index (χ3n) is 6.53. The summed E-state index contributed by atoms with van der Waals surface area (Å²) in [4.78, 5) is 19.8. The van der Waals surface area contributed by atoms with Gasteiger partial charge in [0, 0.05) is 35.7 Å². The van der Waals surface area contributed by atoms with Gasteiger partial charge in [0.2, 0.25) is 5.91 Å². The number of ether oxygens (including phenoxy) is 2. The van der Waals surface area contributed by atoms with Gasteiger partial charge in [0.1, 0.15) is 23.9 Å². The highest BCUT2D eigenvalue weighted by atomic mass is 35.5. The zero-order valence-corrected chi connectivity index (χ0v) is 20.9. The average Bonchev–Trinajstić information content (AvgIpc) is 3.43. The van der Waals surface area contributed by atoms with Crippen molar-refractivity contribution >= 4 is 34.2 Å². The number of imidazole rings is 1. The van der Waals surface area contributed by atoms with Crippen LogP contribution in [-0.4, -0.2) is 35.7 Å². The summed E-state index contributed by atoms with van der Waals surface area (Å²) in [5, 5.41) is 0.770. The fourth-order valence-corrected chi connectivity index (χ4v) is 4.90. The van der Waals surface area contributed by atoms with Gasteiger partial charge >= 0.3 is 0 Å². The Hall–Kier alpha value is -3.51. The van der Waals surface area contributed by atoms with Gasteiger partial charge in [-0.1, -0.05) is 29.8 Å². The highest BCUT2D eigenvalue weighted by molar-refractivity contribution is 6.32. The molecule has 1 amide bonds. The van der Waals surface area contributed by atoms with E-state index in [1.807, 2.05) is 73.3 Å². The number of aromatic nitrogens is 2. The predicted octanol–water partition coefficient (Wildman–Crippen LogP) is 5.91. The fraction of sp³-hybridized carbons (Fsp3) is 0.286. The number of carbonyl (C=O) groups excluding carboxylic acids is 1. The summed E-state index contributed by atoms with van der Waals surface area (Å²) in [5.74, 6) is 2.52. The summed E-state index contributed by atoms with van der Waals surface area (Å²) in [6.07, 6.45) is 0.414. The van der Waals surface area contributed by atoms with E-state index in [9.17, 15) is 4.79 Å². The Kier molecular flexibility index (Phi) is 6.39. The molecule has 1 saturated heterocycles. The Balaban J connectivity index is 1.39. The van der Waals surface area contributed by atoms with Crippen LogP contribution in [0.25, 0.3) is 11.0 Å². The summed E-state index contributed by atoms with van der Waals surface area (Å²) in [5.41, 5.74) is 4.81. The van der Waals surface area contributed by atoms with Crippen molar-refractivity contribution in [2.45, 2.75) is 32.7 Å². The molecule has 0 radical (unpaired) electrons. The molecule has 1 aromatic heterocycles. The van der Waals surface area contributed by atoms with Crippen LogP contribution in [0.3, 0.4) is 0 Å². The van der Waals surface area contributed by atoms with Crippen LogP contribution in [0.15, 0.2) is 60.7 Å². The second-order valence-electron chi connectivity index (χ2n) is 8.94. The molecule has 6 nitrogen and oxygen atoms in total. The van der Waals surface area contributed by atoms with E-state index in [1.165, 1.54) is 0 Å². The number of aryl methyl sites for hydroxylation is 2. The standard InChI is InChI=1S/C28H28ClN3O3/c1-18-13-23(14-19(2)27(18)29)35-12-11-31-25-10-5-4-9-24(25)30-28(31)20-15-26(33)32(17-20)21-7-6-8-22(16-21)34-3/h4-10,13-14,16,20H,11-12,15,17H2,1-3H3. The minimum absolute atomic E-state index is 0.0129. The minimum Gasteiger partial charge on any atom is -0.497 e. The Morgan fingerprint density at radius 1 is 1.03 bits per heavy atom. The topological polar surface area (TPSA) is 56.6 Å². The van der Waals surface area contributed by atoms with Crippen molar-refractivity contribution in [3.63, 3.8) is 0 Å². The van der Waals surface area contributed by atoms with Gasteiger partial charge in [-0.3, -0.25) is 4.79 Å². The number of carbonyl (C=O) groups is 1. The van der Waals surface area contributed by atoms with Crippen LogP contribution in [0.2, 0.25) is 5.02 Å². The molecule has 5 rings (SSSR count). The molecule has 0 saturated carbocycles. The quantitative estimate of drug-likeness (QED) is 0.323. The van der Waals surface area contributed by atoms with Gasteiger partial charge in [-0.05, 0) is 61.4 Å². The molecule has 7 heteroatoms. The molecule has 1 fully saturated rings. The number of rotatable bonds is 7. The van der Waals surface area contributed by atoms with Gasteiger partial charge in [0.25, 0.3) is 0 Å². The van der Waals surface area contributed by atoms with Crippen molar-refractivity contribution in [2.24, 2.45) is 0 Å². The predicted molar refractivity (Wildman–Crippen MR) is 139 cm³/mol. The van der Waals surface area contributed by atoms with Crippen LogP contribution >= 0.6 is 11.6 Å². The molecule has 1 aliphatic rings. The number of benzene rings is 3. The SMILES string of the molecule is COc1cccc(N2CC(c3nc4ccccc4n3CCOc3cc(C)c(Cl)c(C)c3)CC2=O)c1. The van der Waals surface area contributed by atoms with Gasteiger partial charge in [-0.2, -0.15) is 0 Å². The van der Waals surface area contributed by atoms with Crippen LogP contribution < -0.4 is 14.4 Å². The van der Waals surface area contributed by atoms with E-state index in [-0.39, 0.29) is 11.8 Å². The summed E-state index contributed by atoms with van der Waals surface area (Å²) in [7, 11) is 1.63. The first kappa shape index (κ1) is 23.2. The number of anilines is 1. The fourth-order valence-electron chi connectivity index (χ4n) is 4.79. The van der Waals surface area contributed by atoms with Crippen molar-refractivity contribution in [1.29, 1.82) is 0 Å². The molecule has 0 aliphatic carbocycles. The zero-order valence-electron chi connectivity index (χ0n) is 20.1. The summed E-state index contributed by atoms with van der Waals surface area (Å²) in [6.45, 7) is 5.64. The number of amides is 1. The Bertz CT molecular complexity index is 1370. The van der Waals surface area contributed by atoms with Crippen LogP contribution in [0.4, 0.5) is 5.69 Å². The largest absolute Gasteiger partial charge is 0.497 e. The maximum atomic E-state index is 13.0. The zero-order chi connectivity index (χ0) is 24.5. The molecule has 1 atom stereocenters. The molecule has 0 bridgehead atoms. The monoisotopic (exact) mass is 489 g/mol. The van der Waals surface area contributed by atoms with Gasteiger partial charge in [0.05, 0.1) is 24.7 Å². The lowest BCUT2D eigenvalue weighted by atomic mass is 10.1. The molecule has 2 heterocycles. The molecule has 35 heavy (non-hydrogen) atoms. The second kappa shape index (κ2) is 9.62. The van der Waals surface area contributed by atoms with Crippen molar-refractivity contribution in [2.75, 3.05) is 25.2 Å². The Labute approximate surface area is 210 Å². The Morgan fingerprint density at radius 2 is 1.80 bits per heavy atom. The average molecular weight is 490 g/mol. The minimum atomic E-state index is -0.0129. The number of hydrogen-bond acceptors (Lipinski definition) is 4. The lowest BCUT2D eigenvalue weighted by Gasteiger charge is -2.18. The first-order chi connectivity index (χ1) is 16.9. The summed E-state index contributed by atoms with van der Waals surface area (Å²) >= 11 is 6.30. The number of para-hydroxylation sites is 2. The van der Waals surface area contributed by atoms with E-state index in [1.54, 1.807) is 7.11 Å². The van der Waals surface area contributed by atoms with Crippen molar-refractivity contribution in [3.05, 3.63) is 82.6 Å². The number of nitrogens with zero attached hydrogens (tertiary/aromatic N) is 3. The molecule has 1 aliphatic heterocycles. The number of halogens is 1. The third-order valence-corrected chi connectivity index (χ3v) is 7.13. The third kappa shape index (κ3) is 4.58. The first-order valence-electron chi connectivity index (χ1n) is 11.7. The second-order valence-corrected chi connectivity index (χ2v) is 9.31. The van der Waals surface area contributed by atoms with Gasteiger partial charge in [-0.15, -0.1) is 0 Å². The van der Waals surface area contributed by atoms with E-state index in [0.717, 1.165) is 50.2 Å². The highest BCUT2D eigenvalue weighted by Crippen LogP contribution is 2.34. The maximum Gasteiger partial charge on any atom is 0.227 e.